The van der Waals surface area contributed by atoms with Crippen molar-refractivity contribution in [2.24, 2.45) is 0 Å². The Hall–Kier alpha value is -3.20. The zero-order valence-electron chi connectivity index (χ0n) is 21.1. The van der Waals surface area contributed by atoms with Crippen LogP contribution in [0, 0.1) is 17.1 Å². The van der Waals surface area contributed by atoms with E-state index in [4.69, 9.17) is 16.3 Å². The van der Waals surface area contributed by atoms with Gasteiger partial charge in [0.25, 0.3) is 0 Å². The number of hydrogen-bond donors (Lipinski definition) is 2. The summed E-state index contributed by atoms with van der Waals surface area (Å²) in [5.41, 5.74) is 1.17. The Morgan fingerprint density at radius 3 is 2.89 bits per heavy atom. The van der Waals surface area contributed by atoms with Gasteiger partial charge in [0.2, 0.25) is 5.95 Å². The minimum absolute atomic E-state index is 0.0584. The van der Waals surface area contributed by atoms with Crippen LogP contribution in [-0.2, 0) is 11.5 Å². The number of nitriles is 1. The fourth-order valence-corrected chi connectivity index (χ4v) is 5.30. The van der Waals surface area contributed by atoms with Crippen LogP contribution in [0.5, 0.6) is 0 Å². The number of hydrogen-bond acceptors (Lipinski definition) is 6. The summed E-state index contributed by atoms with van der Waals surface area (Å²) in [6, 6.07) is 5.85. The molecule has 1 aliphatic rings. The van der Waals surface area contributed by atoms with Gasteiger partial charge < -0.3 is 24.6 Å². The van der Waals surface area contributed by atoms with E-state index in [1.54, 1.807) is 16.8 Å². The number of amides is 1. The number of carbonyl (C=O) groups is 1. The van der Waals surface area contributed by atoms with Crippen molar-refractivity contribution in [1.29, 1.82) is 5.26 Å². The SMILES string of the molecule is C[Si](C)(C)CCOCn1cc(-c2nc(N[C@H]3CCCN(C(=O)O)C3)ncc2Cl)c2ccc(C#N)c(F)c21. The fourth-order valence-electron chi connectivity index (χ4n) is 4.35. The molecule has 4 rings (SSSR count). The van der Waals surface area contributed by atoms with E-state index in [-0.39, 0.29) is 28.9 Å². The first kappa shape index (κ1) is 26.8. The summed E-state index contributed by atoms with van der Waals surface area (Å²) >= 11 is 6.50. The summed E-state index contributed by atoms with van der Waals surface area (Å²) in [5.74, 6) is -0.322. The van der Waals surface area contributed by atoms with Crippen LogP contribution in [0.15, 0.2) is 24.5 Å². The number of aromatic nitrogens is 3. The molecular formula is C25H30ClFN6O3Si. The van der Waals surface area contributed by atoms with Gasteiger partial charge in [0.1, 0.15) is 12.8 Å². The Kier molecular flexibility index (Phi) is 8.01. The molecule has 0 unspecified atom stereocenters. The third-order valence-corrected chi connectivity index (χ3v) is 8.33. The molecule has 196 valence electrons. The number of nitrogens with one attached hydrogen (secondary N) is 1. The number of carboxylic acid groups (broad SMARTS) is 1. The van der Waals surface area contributed by atoms with Crippen molar-refractivity contribution in [1.82, 2.24) is 19.4 Å². The second-order valence-electron chi connectivity index (χ2n) is 10.4. The summed E-state index contributed by atoms with van der Waals surface area (Å²) < 4.78 is 22.8. The van der Waals surface area contributed by atoms with Crippen molar-refractivity contribution < 1.29 is 19.0 Å². The zero-order valence-corrected chi connectivity index (χ0v) is 22.8. The van der Waals surface area contributed by atoms with Crippen molar-refractivity contribution in [3.8, 4) is 17.3 Å². The number of rotatable bonds is 8. The van der Waals surface area contributed by atoms with E-state index < -0.39 is 20.0 Å². The first-order valence-electron chi connectivity index (χ1n) is 12.1. The number of fused-ring (bicyclic) bond motifs is 1. The Bertz CT molecular complexity index is 1350. The predicted molar refractivity (Wildman–Crippen MR) is 143 cm³/mol. The lowest BCUT2D eigenvalue weighted by molar-refractivity contribution is 0.0899. The number of benzene rings is 1. The summed E-state index contributed by atoms with van der Waals surface area (Å²) in [5, 5.41) is 22.7. The van der Waals surface area contributed by atoms with Crippen LogP contribution in [0.2, 0.25) is 30.7 Å². The van der Waals surface area contributed by atoms with Crippen LogP contribution < -0.4 is 5.32 Å². The molecule has 0 bridgehead atoms. The molecule has 3 aromatic rings. The van der Waals surface area contributed by atoms with Gasteiger partial charge in [0.05, 0.1) is 28.0 Å². The van der Waals surface area contributed by atoms with Crippen molar-refractivity contribution in [2.45, 2.75) is 51.3 Å². The second-order valence-corrected chi connectivity index (χ2v) is 16.4. The molecule has 1 aromatic carbocycles. The molecule has 1 saturated heterocycles. The number of likely N-dealkylation sites (tertiary alicyclic amines) is 1. The lowest BCUT2D eigenvalue weighted by atomic mass is 10.1. The molecule has 2 N–H and O–H groups in total. The maximum atomic E-state index is 15.3. The van der Waals surface area contributed by atoms with Crippen molar-refractivity contribution in [3.05, 3.63) is 40.9 Å². The normalized spacial score (nSPS) is 16.1. The summed E-state index contributed by atoms with van der Waals surface area (Å²) in [6.45, 7) is 8.27. The van der Waals surface area contributed by atoms with E-state index in [2.05, 4.69) is 34.9 Å². The summed E-state index contributed by atoms with van der Waals surface area (Å²) in [4.78, 5) is 21.6. The van der Waals surface area contributed by atoms with Crippen LogP contribution in [0.4, 0.5) is 15.1 Å². The van der Waals surface area contributed by atoms with Gasteiger partial charge in [-0.05, 0) is 25.0 Å². The van der Waals surface area contributed by atoms with Gasteiger partial charge in [0, 0.05) is 51.0 Å². The Labute approximate surface area is 220 Å². The molecule has 0 radical (unpaired) electrons. The van der Waals surface area contributed by atoms with Crippen LogP contribution in [0.1, 0.15) is 18.4 Å². The van der Waals surface area contributed by atoms with Gasteiger partial charge in [-0.3, -0.25) is 0 Å². The minimum atomic E-state index is -1.29. The zero-order chi connectivity index (χ0) is 26.7. The van der Waals surface area contributed by atoms with E-state index in [1.165, 1.54) is 17.2 Å². The first-order valence-corrected chi connectivity index (χ1v) is 16.2. The Morgan fingerprint density at radius 1 is 1.41 bits per heavy atom. The lowest BCUT2D eigenvalue weighted by Crippen LogP contribution is -2.44. The molecule has 3 heterocycles. The average molecular weight is 545 g/mol. The molecule has 1 atom stereocenters. The largest absolute Gasteiger partial charge is 0.465 e. The van der Waals surface area contributed by atoms with Crippen LogP contribution in [-0.4, -0.2) is 64.4 Å². The topological polar surface area (TPSA) is 116 Å². The Morgan fingerprint density at radius 2 is 2.19 bits per heavy atom. The van der Waals surface area contributed by atoms with Crippen LogP contribution in [0.25, 0.3) is 22.2 Å². The van der Waals surface area contributed by atoms with Crippen molar-refractivity contribution in [3.63, 3.8) is 0 Å². The van der Waals surface area contributed by atoms with Crippen LogP contribution >= 0.6 is 11.6 Å². The van der Waals surface area contributed by atoms with E-state index in [0.29, 0.717) is 42.3 Å². The van der Waals surface area contributed by atoms with E-state index in [0.717, 1.165) is 18.9 Å². The maximum Gasteiger partial charge on any atom is 0.407 e. The predicted octanol–water partition coefficient (Wildman–Crippen LogP) is 5.63. The number of ether oxygens (including phenoxy) is 1. The molecule has 0 saturated carbocycles. The molecule has 0 spiro atoms. The van der Waals surface area contributed by atoms with Crippen molar-refractivity contribution >= 4 is 42.6 Å². The second kappa shape index (κ2) is 11.0. The van der Waals surface area contributed by atoms with Gasteiger partial charge >= 0.3 is 6.09 Å². The molecule has 1 fully saturated rings. The Balaban J connectivity index is 1.67. The highest BCUT2D eigenvalue weighted by molar-refractivity contribution is 6.76. The molecule has 12 heteroatoms. The molecule has 1 amide bonds. The highest BCUT2D eigenvalue weighted by Crippen LogP contribution is 2.36. The highest BCUT2D eigenvalue weighted by atomic mass is 35.5. The van der Waals surface area contributed by atoms with Gasteiger partial charge in [-0.15, -0.1) is 0 Å². The summed E-state index contributed by atoms with van der Waals surface area (Å²) in [7, 11) is -1.29. The molecule has 9 nitrogen and oxygen atoms in total. The van der Waals surface area contributed by atoms with Gasteiger partial charge in [0.15, 0.2) is 5.82 Å². The number of piperidine rings is 1. The standard InChI is InChI=1S/C25H30ClFN6O3Si/c1-37(2,3)10-9-36-15-33-14-19(18-7-6-16(11-28)21(27)23(18)33)22-20(26)12-29-24(31-22)30-17-5-4-8-32(13-17)25(34)35/h6-7,12,14,17H,4-5,8-10,13,15H2,1-3H3,(H,34,35)(H,29,30,31)/t17-/m0/s1. The fraction of sp³-hybridized carbons (Fsp3) is 0.440. The number of nitrogens with zero attached hydrogens (tertiary/aromatic N) is 5. The summed E-state index contributed by atoms with van der Waals surface area (Å²) in [6.07, 6.45) is 3.76. The third kappa shape index (κ3) is 6.21. The van der Waals surface area contributed by atoms with E-state index in [1.807, 2.05) is 6.07 Å². The van der Waals surface area contributed by atoms with Gasteiger partial charge in [-0.25, -0.2) is 19.2 Å². The molecule has 0 aliphatic carbocycles. The molecule has 37 heavy (non-hydrogen) atoms. The number of anilines is 1. The lowest BCUT2D eigenvalue weighted by Gasteiger charge is -2.31. The van der Waals surface area contributed by atoms with Crippen LogP contribution in [0.3, 0.4) is 0 Å². The molecule has 2 aromatic heterocycles. The molecule has 1 aliphatic heterocycles. The van der Waals surface area contributed by atoms with Gasteiger partial charge in [-0.1, -0.05) is 37.3 Å². The maximum absolute atomic E-state index is 15.3. The van der Waals surface area contributed by atoms with E-state index >= 15 is 4.39 Å². The third-order valence-electron chi connectivity index (χ3n) is 6.35. The number of halogens is 2. The smallest absolute Gasteiger partial charge is 0.407 e. The van der Waals surface area contributed by atoms with E-state index in [9.17, 15) is 15.2 Å². The van der Waals surface area contributed by atoms with Gasteiger partial charge in [-0.2, -0.15) is 5.26 Å². The monoisotopic (exact) mass is 544 g/mol. The first-order chi connectivity index (χ1) is 17.6. The molecular weight excluding hydrogens is 515 g/mol. The average Bonchev–Trinajstić information content (AvgIpc) is 3.22. The minimum Gasteiger partial charge on any atom is -0.465 e. The quantitative estimate of drug-likeness (QED) is 0.279. The highest BCUT2D eigenvalue weighted by Gasteiger charge is 2.25. The van der Waals surface area contributed by atoms with Crippen molar-refractivity contribution in [2.75, 3.05) is 25.0 Å².